The topological polar surface area (TPSA) is 0 Å². The molecule has 0 aromatic heterocycles. The van der Waals surface area contributed by atoms with Gasteiger partial charge in [-0.1, -0.05) is 115 Å². The summed E-state index contributed by atoms with van der Waals surface area (Å²) in [6.07, 6.45) is 22.5. The van der Waals surface area contributed by atoms with Crippen LogP contribution in [-0.4, -0.2) is 24.6 Å². The molecule has 0 N–H and O–H groups in total. The molecule has 174 valence electrons. The SMILES string of the molecule is CCCCCCCCCC[N+](C)(CCCCCCCCCC)Cc1ccc(Cl)cc1. The van der Waals surface area contributed by atoms with Crippen molar-refractivity contribution in [2.24, 2.45) is 0 Å². The minimum absolute atomic E-state index is 0.846. The third kappa shape index (κ3) is 14.5. The first-order chi connectivity index (χ1) is 14.6. The van der Waals surface area contributed by atoms with Gasteiger partial charge in [-0.2, -0.15) is 0 Å². The lowest BCUT2D eigenvalue weighted by Gasteiger charge is -2.35. The summed E-state index contributed by atoms with van der Waals surface area (Å²) in [5, 5.41) is 0.846. The minimum Gasteiger partial charge on any atom is -0.322 e. The third-order valence-corrected chi connectivity index (χ3v) is 6.83. The van der Waals surface area contributed by atoms with E-state index in [1.54, 1.807) is 0 Å². The number of unbranched alkanes of at least 4 members (excludes halogenated alkanes) is 14. The second-order valence-electron chi connectivity index (χ2n) is 9.80. The molecular formula is C28H51ClN+. The van der Waals surface area contributed by atoms with Gasteiger partial charge in [0.25, 0.3) is 0 Å². The van der Waals surface area contributed by atoms with Crippen molar-refractivity contribution in [1.82, 2.24) is 0 Å². The van der Waals surface area contributed by atoms with Crippen LogP contribution in [0.1, 0.15) is 122 Å². The summed E-state index contributed by atoms with van der Waals surface area (Å²) in [4.78, 5) is 0. The van der Waals surface area contributed by atoms with Gasteiger partial charge in [0.2, 0.25) is 0 Å². The van der Waals surface area contributed by atoms with Gasteiger partial charge in [0.1, 0.15) is 6.54 Å². The van der Waals surface area contributed by atoms with Gasteiger partial charge in [0, 0.05) is 10.6 Å². The lowest BCUT2D eigenvalue weighted by molar-refractivity contribution is -0.923. The Morgan fingerprint density at radius 1 is 0.567 bits per heavy atom. The lowest BCUT2D eigenvalue weighted by atomic mass is 10.1. The zero-order valence-electron chi connectivity index (χ0n) is 20.6. The van der Waals surface area contributed by atoms with Gasteiger partial charge in [-0.3, -0.25) is 0 Å². The van der Waals surface area contributed by atoms with E-state index in [0.717, 1.165) is 11.6 Å². The molecule has 0 fully saturated rings. The highest BCUT2D eigenvalue weighted by Gasteiger charge is 2.21. The molecule has 0 saturated carbocycles. The molecule has 1 nitrogen and oxygen atoms in total. The van der Waals surface area contributed by atoms with Crippen molar-refractivity contribution < 1.29 is 4.48 Å². The van der Waals surface area contributed by atoms with Crippen LogP contribution in [0.2, 0.25) is 5.02 Å². The summed E-state index contributed by atoms with van der Waals surface area (Å²) < 4.78 is 1.19. The van der Waals surface area contributed by atoms with E-state index in [9.17, 15) is 0 Å². The van der Waals surface area contributed by atoms with Crippen molar-refractivity contribution in [2.75, 3.05) is 20.1 Å². The molecule has 0 spiro atoms. The normalized spacial score (nSPS) is 11.9. The quantitative estimate of drug-likeness (QED) is 0.141. The van der Waals surface area contributed by atoms with Crippen molar-refractivity contribution in [3.8, 4) is 0 Å². The standard InChI is InChI=1S/C28H51ClN/c1-4-6-8-10-12-14-16-18-24-30(3,26-27-20-22-28(29)23-21-27)25-19-17-15-13-11-9-7-5-2/h20-23H,4-19,24-26H2,1-3H3/q+1. The summed E-state index contributed by atoms with van der Waals surface area (Å²) in [5.41, 5.74) is 1.43. The maximum atomic E-state index is 6.11. The molecular weight excluding hydrogens is 386 g/mol. The van der Waals surface area contributed by atoms with E-state index in [0.29, 0.717) is 0 Å². The molecule has 0 unspecified atom stereocenters. The number of hydrogen-bond donors (Lipinski definition) is 0. The first kappa shape index (κ1) is 27.5. The van der Waals surface area contributed by atoms with E-state index in [4.69, 9.17) is 11.6 Å². The van der Waals surface area contributed by atoms with Gasteiger partial charge in [0.15, 0.2) is 0 Å². The number of hydrogen-bond acceptors (Lipinski definition) is 0. The van der Waals surface area contributed by atoms with Crippen molar-refractivity contribution in [3.05, 3.63) is 34.9 Å². The summed E-state index contributed by atoms with van der Waals surface area (Å²) in [6, 6.07) is 8.54. The van der Waals surface area contributed by atoms with E-state index in [-0.39, 0.29) is 0 Å². The number of halogens is 1. The molecule has 1 aromatic rings. The monoisotopic (exact) mass is 436 g/mol. The van der Waals surface area contributed by atoms with Crippen LogP contribution >= 0.6 is 11.6 Å². The fourth-order valence-electron chi connectivity index (χ4n) is 4.56. The van der Waals surface area contributed by atoms with Crippen LogP contribution in [0.15, 0.2) is 24.3 Å². The Labute approximate surface area is 194 Å². The fourth-order valence-corrected chi connectivity index (χ4v) is 4.68. The zero-order valence-corrected chi connectivity index (χ0v) is 21.3. The van der Waals surface area contributed by atoms with E-state index >= 15 is 0 Å². The summed E-state index contributed by atoms with van der Waals surface area (Å²) >= 11 is 6.11. The molecule has 0 amide bonds. The molecule has 30 heavy (non-hydrogen) atoms. The molecule has 2 heteroatoms. The Morgan fingerprint density at radius 2 is 0.933 bits per heavy atom. The number of benzene rings is 1. The molecule has 1 aromatic carbocycles. The molecule has 0 aliphatic heterocycles. The number of quaternary nitrogens is 1. The molecule has 0 aliphatic carbocycles. The second kappa shape index (κ2) is 18.1. The van der Waals surface area contributed by atoms with Crippen LogP contribution < -0.4 is 0 Å². The molecule has 0 atom stereocenters. The summed E-state index contributed by atoms with van der Waals surface area (Å²) in [6.45, 7) is 8.37. The first-order valence-corrected chi connectivity index (χ1v) is 13.6. The van der Waals surface area contributed by atoms with Crippen LogP contribution in [0, 0.1) is 0 Å². The van der Waals surface area contributed by atoms with Gasteiger partial charge >= 0.3 is 0 Å². The van der Waals surface area contributed by atoms with E-state index in [2.05, 4.69) is 33.0 Å². The highest BCUT2D eigenvalue weighted by atomic mass is 35.5. The predicted molar refractivity (Wildman–Crippen MR) is 136 cm³/mol. The van der Waals surface area contributed by atoms with Crippen molar-refractivity contribution in [1.29, 1.82) is 0 Å². The van der Waals surface area contributed by atoms with Crippen LogP contribution in [0.25, 0.3) is 0 Å². The smallest absolute Gasteiger partial charge is 0.104 e. The van der Waals surface area contributed by atoms with Gasteiger partial charge in [-0.15, -0.1) is 0 Å². The molecule has 0 radical (unpaired) electrons. The lowest BCUT2D eigenvalue weighted by Crippen LogP contribution is -2.44. The number of rotatable bonds is 20. The Bertz CT molecular complexity index is 476. The van der Waals surface area contributed by atoms with Crippen LogP contribution in [-0.2, 0) is 6.54 Å². The Morgan fingerprint density at radius 3 is 1.33 bits per heavy atom. The van der Waals surface area contributed by atoms with E-state index in [1.165, 1.54) is 126 Å². The maximum Gasteiger partial charge on any atom is 0.104 e. The van der Waals surface area contributed by atoms with Crippen LogP contribution in [0.3, 0.4) is 0 Å². The molecule has 0 saturated heterocycles. The number of nitrogens with zero attached hydrogens (tertiary/aromatic N) is 1. The highest BCUT2D eigenvalue weighted by Crippen LogP contribution is 2.19. The van der Waals surface area contributed by atoms with Gasteiger partial charge in [0.05, 0.1) is 20.1 Å². The zero-order chi connectivity index (χ0) is 21.9. The average Bonchev–Trinajstić information content (AvgIpc) is 2.74. The first-order valence-electron chi connectivity index (χ1n) is 13.2. The highest BCUT2D eigenvalue weighted by molar-refractivity contribution is 6.30. The molecule has 1 rings (SSSR count). The van der Waals surface area contributed by atoms with E-state index < -0.39 is 0 Å². The minimum atomic E-state index is 0.846. The molecule has 0 aliphatic rings. The summed E-state index contributed by atoms with van der Waals surface area (Å²) in [7, 11) is 2.48. The predicted octanol–water partition coefficient (Wildman–Crippen LogP) is 9.57. The fraction of sp³-hybridized carbons (Fsp3) is 0.786. The van der Waals surface area contributed by atoms with Crippen molar-refractivity contribution >= 4 is 11.6 Å². The van der Waals surface area contributed by atoms with Gasteiger partial charge in [-0.05, 0) is 37.8 Å². The van der Waals surface area contributed by atoms with E-state index in [1.807, 2.05) is 12.1 Å². The van der Waals surface area contributed by atoms with Crippen LogP contribution in [0.5, 0.6) is 0 Å². The largest absolute Gasteiger partial charge is 0.322 e. The Balaban J connectivity index is 2.36. The van der Waals surface area contributed by atoms with Gasteiger partial charge < -0.3 is 4.48 Å². The second-order valence-corrected chi connectivity index (χ2v) is 10.2. The summed E-state index contributed by atoms with van der Waals surface area (Å²) in [5.74, 6) is 0. The van der Waals surface area contributed by atoms with Crippen molar-refractivity contribution in [3.63, 3.8) is 0 Å². The molecule has 0 heterocycles. The Hall–Kier alpha value is -0.530. The van der Waals surface area contributed by atoms with Crippen LogP contribution in [0.4, 0.5) is 0 Å². The average molecular weight is 437 g/mol. The van der Waals surface area contributed by atoms with Gasteiger partial charge in [-0.25, -0.2) is 0 Å². The molecule has 0 bridgehead atoms. The maximum absolute atomic E-state index is 6.11. The third-order valence-electron chi connectivity index (χ3n) is 6.58. The Kier molecular flexibility index (Phi) is 16.6. The van der Waals surface area contributed by atoms with Crippen molar-refractivity contribution in [2.45, 2.75) is 123 Å².